The molecule has 0 spiro atoms. The van der Waals surface area contributed by atoms with Crippen LogP contribution < -0.4 is 15.5 Å². The first kappa shape index (κ1) is 17.8. The van der Waals surface area contributed by atoms with Crippen LogP contribution in [-0.4, -0.2) is 43.6 Å². The van der Waals surface area contributed by atoms with Gasteiger partial charge in [0.15, 0.2) is 0 Å². The van der Waals surface area contributed by atoms with Gasteiger partial charge in [0.2, 0.25) is 5.91 Å². The number of para-hydroxylation sites is 1. The lowest BCUT2D eigenvalue weighted by Gasteiger charge is -2.22. The Morgan fingerprint density at radius 2 is 2.04 bits per heavy atom. The van der Waals surface area contributed by atoms with Gasteiger partial charge in [-0.15, -0.1) is 0 Å². The number of anilines is 1. The van der Waals surface area contributed by atoms with Crippen molar-refractivity contribution in [3.05, 3.63) is 29.8 Å². The molecule has 7 nitrogen and oxygen atoms in total. The summed E-state index contributed by atoms with van der Waals surface area (Å²) in [5.41, 5.74) is 2.04. The number of esters is 1. The molecule has 0 saturated carbocycles. The number of urea groups is 1. The SMILES string of the molecule is CCOC(=O)CCNC(=O)N[C@H](C)C(=O)N1CCc2ccccc21. The van der Waals surface area contributed by atoms with Gasteiger partial charge in [0.25, 0.3) is 0 Å². The fourth-order valence-corrected chi connectivity index (χ4v) is 2.62. The minimum Gasteiger partial charge on any atom is -0.466 e. The van der Waals surface area contributed by atoms with Crippen molar-refractivity contribution >= 4 is 23.6 Å². The zero-order chi connectivity index (χ0) is 17.5. The molecule has 0 aromatic heterocycles. The van der Waals surface area contributed by atoms with E-state index in [1.807, 2.05) is 24.3 Å². The quantitative estimate of drug-likeness (QED) is 0.766. The Hall–Kier alpha value is -2.57. The molecule has 0 radical (unpaired) electrons. The van der Waals surface area contributed by atoms with Crippen LogP contribution in [0.1, 0.15) is 25.8 Å². The summed E-state index contributed by atoms with van der Waals surface area (Å²) in [6.07, 6.45) is 0.920. The van der Waals surface area contributed by atoms with Gasteiger partial charge in [-0.25, -0.2) is 4.79 Å². The van der Waals surface area contributed by atoms with Crippen LogP contribution in [0.3, 0.4) is 0 Å². The standard InChI is InChI=1S/C17H23N3O4/c1-3-24-15(21)8-10-18-17(23)19-12(2)16(22)20-11-9-13-6-4-5-7-14(13)20/h4-7,12H,3,8-11H2,1-2H3,(H2,18,19,23)/t12-/m1/s1. The molecule has 1 aromatic carbocycles. The average molecular weight is 333 g/mol. The number of amides is 3. The summed E-state index contributed by atoms with van der Waals surface area (Å²) in [4.78, 5) is 37.2. The number of rotatable bonds is 6. The van der Waals surface area contributed by atoms with E-state index in [1.54, 1.807) is 18.7 Å². The van der Waals surface area contributed by atoms with E-state index in [2.05, 4.69) is 10.6 Å². The summed E-state index contributed by atoms with van der Waals surface area (Å²) >= 11 is 0. The van der Waals surface area contributed by atoms with Gasteiger partial charge in [0.05, 0.1) is 13.0 Å². The van der Waals surface area contributed by atoms with Crippen LogP contribution >= 0.6 is 0 Å². The van der Waals surface area contributed by atoms with Crippen LogP contribution in [0, 0.1) is 0 Å². The van der Waals surface area contributed by atoms with Crippen molar-refractivity contribution in [1.82, 2.24) is 10.6 Å². The smallest absolute Gasteiger partial charge is 0.315 e. The van der Waals surface area contributed by atoms with Gasteiger partial charge in [-0.1, -0.05) is 18.2 Å². The summed E-state index contributed by atoms with van der Waals surface area (Å²) < 4.78 is 4.77. The first-order valence-electron chi connectivity index (χ1n) is 8.12. The Kier molecular flexibility index (Phi) is 6.17. The molecule has 0 aliphatic carbocycles. The van der Waals surface area contributed by atoms with Crippen LogP contribution in [0.15, 0.2) is 24.3 Å². The largest absolute Gasteiger partial charge is 0.466 e. The van der Waals surface area contributed by atoms with Crippen LogP contribution in [0.25, 0.3) is 0 Å². The van der Waals surface area contributed by atoms with Crippen LogP contribution in [0.4, 0.5) is 10.5 Å². The molecule has 0 unspecified atom stereocenters. The fourth-order valence-electron chi connectivity index (χ4n) is 2.62. The lowest BCUT2D eigenvalue weighted by molar-refractivity contribution is -0.142. The van der Waals surface area contributed by atoms with Crippen molar-refractivity contribution in [2.45, 2.75) is 32.7 Å². The van der Waals surface area contributed by atoms with E-state index < -0.39 is 12.1 Å². The van der Waals surface area contributed by atoms with Crippen molar-refractivity contribution in [2.75, 3.05) is 24.6 Å². The Morgan fingerprint density at radius 3 is 2.79 bits per heavy atom. The molecular formula is C17H23N3O4. The number of carbonyl (C=O) groups excluding carboxylic acids is 3. The third kappa shape index (κ3) is 4.47. The van der Waals surface area contributed by atoms with Crippen molar-refractivity contribution in [3.63, 3.8) is 0 Å². The van der Waals surface area contributed by atoms with Gasteiger partial charge in [0, 0.05) is 18.8 Å². The molecule has 1 aromatic rings. The molecule has 0 fully saturated rings. The van der Waals surface area contributed by atoms with Crippen molar-refractivity contribution in [1.29, 1.82) is 0 Å². The van der Waals surface area contributed by atoms with E-state index in [4.69, 9.17) is 4.74 Å². The van der Waals surface area contributed by atoms with Gasteiger partial charge in [-0.3, -0.25) is 9.59 Å². The summed E-state index contributed by atoms with van der Waals surface area (Å²) in [5.74, 6) is -0.518. The molecule has 0 bridgehead atoms. The molecule has 2 rings (SSSR count). The molecule has 1 atom stereocenters. The van der Waals surface area contributed by atoms with E-state index in [0.717, 1.165) is 17.7 Å². The number of nitrogens with one attached hydrogen (secondary N) is 2. The number of carbonyl (C=O) groups is 3. The Morgan fingerprint density at radius 1 is 1.29 bits per heavy atom. The van der Waals surface area contributed by atoms with E-state index in [-0.39, 0.29) is 24.8 Å². The minimum atomic E-state index is -0.654. The number of hydrogen-bond donors (Lipinski definition) is 2. The second kappa shape index (κ2) is 8.33. The number of benzene rings is 1. The lowest BCUT2D eigenvalue weighted by atomic mass is 10.2. The highest BCUT2D eigenvalue weighted by atomic mass is 16.5. The van der Waals surface area contributed by atoms with Gasteiger partial charge in [-0.2, -0.15) is 0 Å². The maximum Gasteiger partial charge on any atom is 0.315 e. The zero-order valence-electron chi connectivity index (χ0n) is 14.0. The molecule has 7 heteroatoms. The third-order valence-corrected chi connectivity index (χ3v) is 3.79. The predicted octanol–water partition coefficient (Wildman–Crippen LogP) is 1.22. The third-order valence-electron chi connectivity index (χ3n) is 3.79. The second-order valence-corrected chi connectivity index (χ2v) is 5.55. The lowest BCUT2D eigenvalue weighted by Crippen LogP contribution is -2.49. The summed E-state index contributed by atoms with van der Waals surface area (Å²) in [5, 5.41) is 5.15. The molecule has 24 heavy (non-hydrogen) atoms. The first-order valence-corrected chi connectivity index (χ1v) is 8.12. The monoisotopic (exact) mass is 333 g/mol. The maximum atomic E-state index is 12.5. The molecule has 1 aliphatic rings. The molecule has 2 N–H and O–H groups in total. The highest BCUT2D eigenvalue weighted by Crippen LogP contribution is 2.27. The van der Waals surface area contributed by atoms with E-state index in [1.165, 1.54) is 0 Å². The summed E-state index contributed by atoms with van der Waals surface area (Å²) in [7, 11) is 0. The van der Waals surface area contributed by atoms with E-state index in [0.29, 0.717) is 13.2 Å². The normalized spacial score (nSPS) is 13.8. The second-order valence-electron chi connectivity index (χ2n) is 5.55. The van der Waals surface area contributed by atoms with Crippen LogP contribution in [0.2, 0.25) is 0 Å². The van der Waals surface area contributed by atoms with Crippen LogP contribution in [0.5, 0.6) is 0 Å². The summed E-state index contributed by atoms with van der Waals surface area (Å²) in [6, 6.07) is 6.62. The molecule has 0 saturated heterocycles. The van der Waals surface area contributed by atoms with Crippen LogP contribution in [-0.2, 0) is 20.7 Å². The molecule has 130 valence electrons. The number of hydrogen-bond acceptors (Lipinski definition) is 4. The van der Waals surface area contributed by atoms with Crippen molar-refractivity contribution in [2.24, 2.45) is 0 Å². The Bertz CT molecular complexity index is 618. The predicted molar refractivity (Wildman–Crippen MR) is 89.7 cm³/mol. The van der Waals surface area contributed by atoms with Gasteiger partial charge in [-0.05, 0) is 31.9 Å². The van der Waals surface area contributed by atoms with Crippen molar-refractivity contribution in [3.8, 4) is 0 Å². The van der Waals surface area contributed by atoms with Gasteiger partial charge >= 0.3 is 12.0 Å². The first-order chi connectivity index (χ1) is 11.5. The molecular weight excluding hydrogens is 310 g/mol. The Labute approximate surface area is 141 Å². The zero-order valence-corrected chi connectivity index (χ0v) is 14.0. The van der Waals surface area contributed by atoms with Gasteiger partial charge < -0.3 is 20.3 Å². The number of fused-ring (bicyclic) bond motifs is 1. The molecule has 3 amide bonds. The maximum absolute atomic E-state index is 12.5. The Balaban J connectivity index is 1.80. The van der Waals surface area contributed by atoms with E-state index in [9.17, 15) is 14.4 Å². The van der Waals surface area contributed by atoms with Crippen molar-refractivity contribution < 1.29 is 19.1 Å². The topological polar surface area (TPSA) is 87.7 Å². The number of ether oxygens (including phenoxy) is 1. The van der Waals surface area contributed by atoms with Gasteiger partial charge in [0.1, 0.15) is 6.04 Å². The van der Waals surface area contributed by atoms with E-state index >= 15 is 0 Å². The minimum absolute atomic E-state index is 0.100. The highest BCUT2D eigenvalue weighted by molar-refractivity contribution is 6.00. The molecule has 1 aliphatic heterocycles. The average Bonchev–Trinajstić information content (AvgIpc) is 2.98. The highest BCUT2D eigenvalue weighted by Gasteiger charge is 2.28. The molecule has 1 heterocycles. The number of nitrogens with zero attached hydrogens (tertiary/aromatic N) is 1. The summed E-state index contributed by atoms with van der Waals surface area (Å²) in [6.45, 7) is 4.47. The fraction of sp³-hybridized carbons (Fsp3) is 0.471.